The van der Waals surface area contributed by atoms with Crippen molar-refractivity contribution >= 4 is 33.8 Å². The molecule has 0 saturated carbocycles. The van der Waals surface area contributed by atoms with E-state index in [1.165, 1.54) is 0 Å². The number of halogens is 2. The Morgan fingerprint density at radius 3 is 2.69 bits per heavy atom. The van der Waals surface area contributed by atoms with Crippen LogP contribution < -0.4 is 0 Å². The van der Waals surface area contributed by atoms with Crippen molar-refractivity contribution in [1.82, 2.24) is 4.57 Å². The number of aromatic nitrogens is 1. The molecule has 0 radical (unpaired) electrons. The Bertz CT molecular complexity index is 548. The molecular weight excluding hydrogens is 289 g/mol. The highest BCUT2D eigenvalue weighted by atomic mass is 79.9. The summed E-state index contributed by atoms with van der Waals surface area (Å²) >= 11 is 9.56. The van der Waals surface area contributed by atoms with E-state index in [1.807, 2.05) is 31.2 Å². The molecule has 0 bridgehead atoms. The molecule has 1 aromatic heterocycles. The van der Waals surface area contributed by atoms with E-state index in [-0.39, 0.29) is 0 Å². The predicted octanol–water partition coefficient (Wildman–Crippen LogP) is 4.01. The minimum atomic E-state index is 0.567. The number of aryl methyl sites for hydroxylation is 1. The summed E-state index contributed by atoms with van der Waals surface area (Å²) in [4.78, 5) is 10.9. The average Bonchev–Trinajstić information content (AvgIpc) is 2.60. The lowest BCUT2D eigenvalue weighted by molar-refractivity contribution is 0.111. The molecule has 1 aromatic carbocycles. The van der Waals surface area contributed by atoms with Gasteiger partial charge in [-0.05, 0) is 52.7 Å². The molecule has 2 rings (SSSR count). The van der Waals surface area contributed by atoms with E-state index in [0.29, 0.717) is 10.7 Å². The van der Waals surface area contributed by atoms with Gasteiger partial charge in [0.15, 0.2) is 6.29 Å². The molecule has 0 unspecified atom stereocenters. The maximum absolute atomic E-state index is 10.9. The highest BCUT2D eigenvalue weighted by Gasteiger charge is 2.10. The van der Waals surface area contributed by atoms with Crippen LogP contribution in [0.1, 0.15) is 16.1 Å². The molecule has 0 aliphatic heterocycles. The summed E-state index contributed by atoms with van der Waals surface area (Å²) in [6.45, 7) is 1.97. The van der Waals surface area contributed by atoms with Gasteiger partial charge in [0, 0.05) is 0 Å². The quantitative estimate of drug-likeness (QED) is 0.768. The fraction of sp³-hybridized carbons (Fsp3) is 0.0833. The van der Waals surface area contributed by atoms with Gasteiger partial charge in [0.05, 0.1) is 21.0 Å². The van der Waals surface area contributed by atoms with Gasteiger partial charge in [-0.25, -0.2) is 0 Å². The first-order valence-electron chi connectivity index (χ1n) is 4.72. The van der Waals surface area contributed by atoms with Gasteiger partial charge in [0.2, 0.25) is 0 Å². The fourth-order valence-electron chi connectivity index (χ4n) is 1.57. The average molecular weight is 299 g/mol. The van der Waals surface area contributed by atoms with Crippen LogP contribution in [0, 0.1) is 6.92 Å². The van der Waals surface area contributed by atoms with Gasteiger partial charge in [-0.1, -0.05) is 17.7 Å². The Morgan fingerprint density at radius 2 is 2.06 bits per heavy atom. The third-order valence-electron chi connectivity index (χ3n) is 2.33. The standard InChI is InChI=1S/C12H9BrClNO/c1-8-2-4-11(10(14)6-8)15-9(7-16)3-5-12(15)13/h2-7H,1H3. The van der Waals surface area contributed by atoms with Gasteiger partial charge in [0.25, 0.3) is 0 Å². The van der Waals surface area contributed by atoms with Crippen molar-refractivity contribution in [3.8, 4) is 5.69 Å². The normalized spacial score (nSPS) is 10.4. The molecule has 0 fully saturated rings. The van der Waals surface area contributed by atoms with E-state index < -0.39 is 0 Å². The van der Waals surface area contributed by atoms with Gasteiger partial charge in [-0.3, -0.25) is 9.36 Å². The van der Waals surface area contributed by atoms with Crippen molar-refractivity contribution in [3.63, 3.8) is 0 Å². The fourth-order valence-corrected chi connectivity index (χ4v) is 2.41. The highest BCUT2D eigenvalue weighted by molar-refractivity contribution is 9.10. The van der Waals surface area contributed by atoms with E-state index >= 15 is 0 Å². The molecular formula is C12H9BrClNO. The minimum absolute atomic E-state index is 0.567. The molecule has 0 atom stereocenters. The van der Waals surface area contributed by atoms with Crippen LogP contribution in [0.15, 0.2) is 34.9 Å². The van der Waals surface area contributed by atoms with Crippen LogP contribution >= 0.6 is 27.5 Å². The lowest BCUT2D eigenvalue weighted by Crippen LogP contribution is -2.00. The summed E-state index contributed by atoms with van der Waals surface area (Å²) in [5.41, 5.74) is 2.45. The lowest BCUT2D eigenvalue weighted by atomic mass is 10.2. The number of carbonyl (C=O) groups excluding carboxylic acids is 1. The van der Waals surface area contributed by atoms with Crippen molar-refractivity contribution in [3.05, 3.63) is 51.2 Å². The summed E-state index contributed by atoms with van der Waals surface area (Å²) in [5, 5.41) is 0.625. The molecule has 0 saturated heterocycles. The van der Waals surface area contributed by atoms with E-state index in [0.717, 1.165) is 22.1 Å². The SMILES string of the molecule is Cc1ccc(-n2c(Br)ccc2C=O)c(Cl)c1. The molecule has 0 aliphatic carbocycles. The van der Waals surface area contributed by atoms with E-state index in [4.69, 9.17) is 11.6 Å². The Labute approximate surface area is 107 Å². The van der Waals surface area contributed by atoms with Crippen LogP contribution in [0.2, 0.25) is 5.02 Å². The Balaban J connectivity index is 2.66. The van der Waals surface area contributed by atoms with Gasteiger partial charge in [0.1, 0.15) is 0 Å². The van der Waals surface area contributed by atoms with Crippen molar-refractivity contribution in [2.75, 3.05) is 0 Å². The van der Waals surface area contributed by atoms with Crippen molar-refractivity contribution < 1.29 is 4.79 Å². The third kappa shape index (κ3) is 1.93. The lowest BCUT2D eigenvalue weighted by Gasteiger charge is -2.10. The molecule has 0 aliphatic rings. The van der Waals surface area contributed by atoms with Crippen molar-refractivity contribution in [2.45, 2.75) is 6.92 Å². The minimum Gasteiger partial charge on any atom is -0.300 e. The molecule has 2 aromatic rings. The zero-order valence-electron chi connectivity index (χ0n) is 8.58. The highest BCUT2D eigenvalue weighted by Crippen LogP contribution is 2.27. The molecule has 2 nitrogen and oxygen atoms in total. The van der Waals surface area contributed by atoms with Crippen molar-refractivity contribution in [2.24, 2.45) is 0 Å². The first kappa shape index (κ1) is 11.4. The number of carbonyl (C=O) groups is 1. The smallest absolute Gasteiger partial charge is 0.166 e. The molecule has 16 heavy (non-hydrogen) atoms. The summed E-state index contributed by atoms with van der Waals surface area (Å²) in [7, 11) is 0. The maximum atomic E-state index is 10.9. The van der Waals surface area contributed by atoms with E-state index in [9.17, 15) is 4.79 Å². The first-order chi connectivity index (χ1) is 7.63. The van der Waals surface area contributed by atoms with E-state index in [2.05, 4.69) is 15.9 Å². The van der Waals surface area contributed by atoms with Crippen LogP contribution in [0.3, 0.4) is 0 Å². The topological polar surface area (TPSA) is 22.0 Å². The van der Waals surface area contributed by atoms with Crippen LogP contribution in [-0.4, -0.2) is 10.9 Å². The van der Waals surface area contributed by atoms with E-state index in [1.54, 1.807) is 10.6 Å². The zero-order valence-corrected chi connectivity index (χ0v) is 10.9. The van der Waals surface area contributed by atoms with Gasteiger partial charge in [-0.15, -0.1) is 0 Å². The number of hydrogen-bond donors (Lipinski definition) is 0. The third-order valence-corrected chi connectivity index (χ3v) is 3.25. The van der Waals surface area contributed by atoms with Gasteiger partial charge in [-0.2, -0.15) is 0 Å². The van der Waals surface area contributed by atoms with Gasteiger partial charge >= 0.3 is 0 Å². The molecule has 0 amide bonds. The summed E-state index contributed by atoms with van der Waals surface area (Å²) in [6.07, 6.45) is 0.806. The Morgan fingerprint density at radius 1 is 1.31 bits per heavy atom. The molecule has 82 valence electrons. The maximum Gasteiger partial charge on any atom is 0.166 e. The Hall–Kier alpha value is -1.06. The molecule has 1 heterocycles. The van der Waals surface area contributed by atoms with Crippen LogP contribution in [0.4, 0.5) is 0 Å². The van der Waals surface area contributed by atoms with Crippen LogP contribution in [0.5, 0.6) is 0 Å². The number of nitrogens with zero attached hydrogens (tertiary/aromatic N) is 1. The number of hydrogen-bond acceptors (Lipinski definition) is 1. The molecule has 0 N–H and O–H groups in total. The van der Waals surface area contributed by atoms with Gasteiger partial charge < -0.3 is 0 Å². The number of aldehydes is 1. The first-order valence-corrected chi connectivity index (χ1v) is 5.89. The second-order valence-corrected chi connectivity index (χ2v) is 4.71. The van der Waals surface area contributed by atoms with Crippen LogP contribution in [-0.2, 0) is 0 Å². The molecule has 0 spiro atoms. The zero-order chi connectivity index (χ0) is 11.7. The predicted molar refractivity (Wildman–Crippen MR) is 68.6 cm³/mol. The second-order valence-electron chi connectivity index (χ2n) is 3.49. The summed E-state index contributed by atoms with van der Waals surface area (Å²) in [6, 6.07) is 9.29. The molecule has 4 heteroatoms. The largest absolute Gasteiger partial charge is 0.300 e. The summed E-state index contributed by atoms with van der Waals surface area (Å²) < 4.78 is 2.58. The number of rotatable bonds is 2. The monoisotopic (exact) mass is 297 g/mol. The second kappa shape index (κ2) is 4.44. The van der Waals surface area contributed by atoms with Crippen LogP contribution in [0.25, 0.3) is 5.69 Å². The van der Waals surface area contributed by atoms with Crippen molar-refractivity contribution in [1.29, 1.82) is 0 Å². The summed E-state index contributed by atoms with van der Waals surface area (Å²) in [5.74, 6) is 0. The Kier molecular flexibility index (Phi) is 3.17. The number of benzene rings is 1.